The van der Waals surface area contributed by atoms with E-state index in [1.807, 2.05) is 6.07 Å². The van der Waals surface area contributed by atoms with Crippen molar-refractivity contribution in [3.8, 4) is 11.1 Å². The Bertz CT molecular complexity index is 1070. The molecule has 9 nitrogen and oxygen atoms in total. The molecule has 0 aliphatic carbocycles. The minimum absolute atomic E-state index is 0.0576. The molecule has 0 saturated carbocycles. The Balaban J connectivity index is 2.16. The molecular weight excluding hydrogens is 352 g/mol. The van der Waals surface area contributed by atoms with Crippen molar-refractivity contribution in [2.75, 3.05) is 7.11 Å². The van der Waals surface area contributed by atoms with Gasteiger partial charge in [0, 0.05) is 30.3 Å². The largest absolute Gasteiger partial charge is 0.480 e. The number of esters is 1. The van der Waals surface area contributed by atoms with Gasteiger partial charge in [-0.2, -0.15) is 5.10 Å². The number of methoxy groups -OCH3 is 1. The second-order valence-electron chi connectivity index (χ2n) is 5.93. The minimum atomic E-state index is -1.05. The summed E-state index contributed by atoms with van der Waals surface area (Å²) in [4.78, 5) is 42.5. The summed E-state index contributed by atoms with van der Waals surface area (Å²) in [6.07, 6.45) is 2.96. The first-order valence-electron chi connectivity index (χ1n) is 7.96. The number of aryl methyl sites for hydroxylation is 1. The molecule has 0 aliphatic heterocycles. The van der Waals surface area contributed by atoms with Crippen molar-refractivity contribution in [1.29, 1.82) is 0 Å². The molecule has 0 atom stereocenters. The topological polar surface area (TPSA) is 124 Å². The summed E-state index contributed by atoms with van der Waals surface area (Å²) in [7, 11) is 1.25. The molecule has 2 heterocycles. The highest BCUT2D eigenvalue weighted by molar-refractivity contribution is 6.06. The lowest BCUT2D eigenvalue weighted by Crippen LogP contribution is -2.11. The first-order valence-corrected chi connectivity index (χ1v) is 7.96. The third-order valence-electron chi connectivity index (χ3n) is 4.01. The van der Waals surface area contributed by atoms with Crippen LogP contribution in [0.4, 0.5) is 0 Å². The second-order valence-corrected chi connectivity index (χ2v) is 5.93. The van der Waals surface area contributed by atoms with Crippen LogP contribution in [0.2, 0.25) is 0 Å². The number of aliphatic carboxylic acids is 1. The van der Waals surface area contributed by atoms with Crippen LogP contribution in [0.5, 0.6) is 0 Å². The SMILES string of the molecule is COC(=O)c1ncc(-c2cc(C)c3c(c2)c(C(C)=O)nn3CC(=O)O)cn1. The van der Waals surface area contributed by atoms with Gasteiger partial charge < -0.3 is 9.84 Å². The standard InChI is InChI=1S/C18H16N4O5/c1-9-4-11(12-6-19-17(20-7-12)18(26)27-3)5-13-15(10(2)23)21-22(16(9)13)8-14(24)25/h4-7H,8H2,1-3H3,(H,24,25). The van der Waals surface area contributed by atoms with E-state index in [2.05, 4.69) is 19.8 Å². The Morgan fingerprint density at radius 3 is 2.37 bits per heavy atom. The first kappa shape index (κ1) is 18.2. The number of aromatic nitrogens is 4. The van der Waals surface area contributed by atoms with Crippen molar-refractivity contribution in [3.63, 3.8) is 0 Å². The normalized spacial score (nSPS) is 10.8. The molecule has 0 fully saturated rings. The van der Waals surface area contributed by atoms with E-state index in [1.54, 1.807) is 13.0 Å². The summed E-state index contributed by atoms with van der Waals surface area (Å²) < 4.78 is 5.88. The van der Waals surface area contributed by atoms with Gasteiger partial charge in [0.25, 0.3) is 0 Å². The predicted octanol–water partition coefficient (Wildman–Crippen LogP) is 1.88. The van der Waals surface area contributed by atoms with E-state index in [0.717, 1.165) is 5.56 Å². The van der Waals surface area contributed by atoms with Crippen molar-refractivity contribution in [2.45, 2.75) is 20.4 Å². The van der Waals surface area contributed by atoms with Crippen molar-refractivity contribution in [2.24, 2.45) is 0 Å². The zero-order valence-electron chi connectivity index (χ0n) is 14.9. The van der Waals surface area contributed by atoms with Crippen LogP contribution in [0.1, 0.15) is 33.6 Å². The lowest BCUT2D eigenvalue weighted by molar-refractivity contribution is -0.137. The number of nitrogens with zero attached hydrogens (tertiary/aromatic N) is 4. The maximum absolute atomic E-state index is 12.0. The molecule has 0 aliphatic rings. The Morgan fingerprint density at radius 2 is 1.81 bits per heavy atom. The molecule has 138 valence electrons. The van der Waals surface area contributed by atoms with E-state index in [4.69, 9.17) is 5.11 Å². The summed E-state index contributed by atoms with van der Waals surface area (Å²) in [6, 6.07) is 3.56. The highest BCUT2D eigenvalue weighted by Crippen LogP contribution is 2.29. The van der Waals surface area contributed by atoms with Crippen LogP contribution in [0.3, 0.4) is 0 Å². The fourth-order valence-corrected chi connectivity index (χ4v) is 2.87. The number of hydrogen-bond donors (Lipinski definition) is 1. The molecule has 0 radical (unpaired) electrons. The van der Waals surface area contributed by atoms with Gasteiger partial charge in [-0.1, -0.05) is 0 Å². The van der Waals surface area contributed by atoms with Gasteiger partial charge in [-0.05, 0) is 30.2 Å². The van der Waals surface area contributed by atoms with Gasteiger partial charge in [0.05, 0.1) is 12.6 Å². The maximum atomic E-state index is 12.0. The number of carbonyl (C=O) groups is 3. The van der Waals surface area contributed by atoms with Gasteiger partial charge in [-0.3, -0.25) is 14.3 Å². The molecule has 0 spiro atoms. The molecule has 0 amide bonds. The van der Waals surface area contributed by atoms with E-state index in [-0.39, 0.29) is 23.8 Å². The third kappa shape index (κ3) is 3.39. The summed E-state index contributed by atoms with van der Waals surface area (Å²) in [5.41, 5.74) is 2.88. The van der Waals surface area contributed by atoms with Gasteiger partial charge in [0.1, 0.15) is 12.2 Å². The van der Waals surface area contributed by atoms with Crippen LogP contribution in [-0.4, -0.2) is 49.7 Å². The number of carboxylic acid groups (broad SMARTS) is 1. The zero-order chi connectivity index (χ0) is 19.7. The van der Waals surface area contributed by atoms with Gasteiger partial charge in [0.15, 0.2) is 5.78 Å². The van der Waals surface area contributed by atoms with Crippen LogP contribution in [0.15, 0.2) is 24.5 Å². The molecule has 2 aromatic heterocycles. The Labute approximate surface area is 153 Å². The fourth-order valence-electron chi connectivity index (χ4n) is 2.87. The number of rotatable bonds is 5. The van der Waals surface area contributed by atoms with E-state index < -0.39 is 11.9 Å². The van der Waals surface area contributed by atoms with E-state index >= 15 is 0 Å². The van der Waals surface area contributed by atoms with Crippen molar-refractivity contribution >= 4 is 28.6 Å². The average molecular weight is 368 g/mol. The lowest BCUT2D eigenvalue weighted by atomic mass is 10.0. The summed E-state index contributed by atoms with van der Waals surface area (Å²) in [6.45, 7) is 2.84. The highest BCUT2D eigenvalue weighted by Gasteiger charge is 2.19. The quantitative estimate of drug-likeness (QED) is 0.535. The van der Waals surface area contributed by atoms with Gasteiger partial charge >= 0.3 is 11.9 Å². The number of ketones is 1. The Kier molecular flexibility index (Phi) is 4.68. The predicted molar refractivity (Wildman–Crippen MR) is 94.5 cm³/mol. The molecule has 1 N–H and O–H groups in total. The second kappa shape index (κ2) is 6.94. The first-order chi connectivity index (χ1) is 12.8. The number of carboxylic acids is 1. The lowest BCUT2D eigenvalue weighted by Gasteiger charge is -2.07. The molecule has 0 saturated heterocycles. The molecule has 0 bridgehead atoms. The third-order valence-corrected chi connectivity index (χ3v) is 4.01. The monoisotopic (exact) mass is 368 g/mol. The number of ether oxygens (including phenoxy) is 1. The number of benzene rings is 1. The number of hydrogen-bond acceptors (Lipinski definition) is 7. The minimum Gasteiger partial charge on any atom is -0.480 e. The maximum Gasteiger partial charge on any atom is 0.376 e. The molecular formula is C18H16N4O5. The zero-order valence-corrected chi connectivity index (χ0v) is 14.9. The summed E-state index contributed by atoms with van der Waals surface area (Å²) in [5, 5.41) is 13.8. The van der Waals surface area contributed by atoms with Crippen molar-refractivity contribution in [3.05, 3.63) is 41.6 Å². The summed E-state index contributed by atoms with van der Waals surface area (Å²) in [5.74, 6) is -2.01. The van der Waals surface area contributed by atoms with E-state index in [9.17, 15) is 14.4 Å². The van der Waals surface area contributed by atoms with Crippen LogP contribution >= 0.6 is 0 Å². The Hall–Kier alpha value is -3.62. The van der Waals surface area contributed by atoms with E-state index in [1.165, 1.54) is 31.1 Å². The van der Waals surface area contributed by atoms with Gasteiger partial charge in [0.2, 0.25) is 5.82 Å². The van der Waals surface area contributed by atoms with Crippen LogP contribution in [0, 0.1) is 6.92 Å². The molecule has 3 aromatic rings. The molecule has 9 heteroatoms. The molecule has 3 rings (SSSR count). The number of carbonyl (C=O) groups excluding carboxylic acids is 2. The van der Waals surface area contributed by atoms with Crippen LogP contribution < -0.4 is 0 Å². The van der Waals surface area contributed by atoms with Crippen molar-refractivity contribution in [1.82, 2.24) is 19.7 Å². The van der Waals surface area contributed by atoms with Crippen molar-refractivity contribution < 1.29 is 24.2 Å². The average Bonchev–Trinajstić information content (AvgIpc) is 2.99. The number of Topliss-reactive ketones (excluding diaryl/α,β-unsaturated/α-hetero) is 1. The van der Waals surface area contributed by atoms with Gasteiger partial charge in [-0.15, -0.1) is 0 Å². The molecule has 1 aromatic carbocycles. The Morgan fingerprint density at radius 1 is 1.15 bits per heavy atom. The van der Waals surface area contributed by atoms with Gasteiger partial charge in [-0.25, -0.2) is 14.8 Å². The van der Waals surface area contributed by atoms with Crippen LogP contribution in [-0.2, 0) is 16.1 Å². The number of fused-ring (bicyclic) bond motifs is 1. The smallest absolute Gasteiger partial charge is 0.376 e. The van der Waals surface area contributed by atoms with E-state index in [0.29, 0.717) is 22.0 Å². The molecule has 0 unspecified atom stereocenters. The fraction of sp³-hybridized carbons (Fsp3) is 0.222. The summed E-state index contributed by atoms with van der Waals surface area (Å²) >= 11 is 0. The van der Waals surface area contributed by atoms with Crippen LogP contribution in [0.25, 0.3) is 22.0 Å². The highest BCUT2D eigenvalue weighted by atomic mass is 16.5. The molecule has 27 heavy (non-hydrogen) atoms.